The zero-order valence-electron chi connectivity index (χ0n) is 11.5. The van der Waals surface area contributed by atoms with E-state index >= 15 is 0 Å². The summed E-state index contributed by atoms with van der Waals surface area (Å²) in [5.41, 5.74) is -0.511. The Hall–Kier alpha value is -1.55. The minimum Gasteiger partial charge on any atom is -0.462 e. The molecule has 0 aliphatic rings. The number of rotatable bonds is 3. The molecule has 0 spiro atoms. The third-order valence-electron chi connectivity index (χ3n) is 2.11. The standard InChI is InChI=1S/C14H17ClO4/c1-5-18-12(16)9-7-6-8-10(15)11(9)13(17)19-14(2,3)4/h6-8H,5H2,1-4H3. The van der Waals surface area contributed by atoms with Gasteiger partial charge in [0.1, 0.15) is 5.60 Å². The number of ether oxygens (including phenoxy) is 2. The van der Waals surface area contributed by atoms with Gasteiger partial charge in [-0.2, -0.15) is 0 Å². The molecule has 0 bridgehead atoms. The lowest BCUT2D eigenvalue weighted by molar-refractivity contribution is 0.00646. The lowest BCUT2D eigenvalue weighted by atomic mass is 10.1. The zero-order valence-corrected chi connectivity index (χ0v) is 12.2. The van der Waals surface area contributed by atoms with Crippen molar-refractivity contribution in [3.63, 3.8) is 0 Å². The van der Waals surface area contributed by atoms with Crippen molar-refractivity contribution in [2.24, 2.45) is 0 Å². The van der Waals surface area contributed by atoms with E-state index < -0.39 is 17.5 Å². The molecule has 4 nitrogen and oxygen atoms in total. The lowest BCUT2D eigenvalue weighted by Crippen LogP contribution is -2.25. The average Bonchev–Trinajstić information content (AvgIpc) is 2.26. The first-order valence-electron chi connectivity index (χ1n) is 5.95. The van der Waals surface area contributed by atoms with Crippen LogP contribution in [0.15, 0.2) is 18.2 Å². The maximum atomic E-state index is 12.1. The first kappa shape index (κ1) is 15.5. The van der Waals surface area contributed by atoms with Crippen molar-refractivity contribution in [3.8, 4) is 0 Å². The molecule has 0 aliphatic heterocycles. The number of carbonyl (C=O) groups is 2. The molecular weight excluding hydrogens is 268 g/mol. The maximum Gasteiger partial charge on any atom is 0.341 e. The molecule has 0 heterocycles. The Morgan fingerprint density at radius 2 is 1.84 bits per heavy atom. The van der Waals surface area contributed by atoms with Gasteiger partial charge < -0.3 is 9.47 Å². The van der Waals surface area contributed by atoms with Crippen molar-refractivity contribution in [3.05, 3.63) is 34.3 Å². The van der Waals surface area contributed by atoms with Crippen LogP contribution in [0.2, 0.25) is 5.02 Å². The third kappa shape index (κ3) is 4.24. The molecule has 1 rings (SSSR count). The van der Waals surface area contributed by atoms with E-state index in [2.05, 4.69) is 0 Å². The molecule has 104 valence electrons. The summed E-state index contributed by atoms with van der Waals surface area (Å²) in [7, 11) is 0. The summed E-state index contributed by atoms with van der Waals surface area (Å²) in [6, 6.07) is 4.61. The lowest BCUT2D eigenvalue weighted by Gasteiger charge is -2.20. The Labute approximate surface area is 117 Å². The fourth-order valence-electron chi connectivity index (χ4n) is 1.44. The Kier molecular flexibility index (Phi) is 4.95. The van der Waals surface area contributed by atoms with Crippen LogP contribution in [0.1, 0.15) is 48.4 Å². The molecular formula is C14H17ClO4. The van der Waals surface area contributed by atoms with Crippen LogP contribution in [0.3, 0.4) is 0 Å². The van der Waals surface area contributed by atoms with Gasteiger partial charge in [-0.15, -0.1) is 0 Å². The van der Waals surface area contributed by atoms with Crippen LogP contribution in [0, 0.1) is 0 Å². The fraction of sp³-hybridized carbons (Fsp3) is 0.429. The van der Waals surface area contributed by atoms with E-state index in [0.29, 0.717) is 0 Å². The van der Waals surface area contributed by atoms with Gasteiger partial charge >= 0.3 is 11.9 Å². The monoisotopic (exact) mass is 284 g/mol. The predicted octanol–water partition coefficient (Wildman–Crippen LogP) is 3.47. The van der Waals surface area contributed by atoms with E-state index in [1.165, 1.54) is 12.1 Å². The van der Waals surface area contributed by atoms with E-state index in [9.17, 15) is 9.59 Å². The van der Waals surface area contributed by atoms with Gasteiger partial charge in [-0.25, -0.2) is 9.59 Å². The van der Waals surface area contributed by atoms with Crippen molar-refractivity contribution >= 4 is 23.5 Å². The summed E-state index contributed by atoms with van der Waals surface area (Å²) in [6.45, 7) is 7.14. The fourth-order valence-corrected chi connectivity index (χ4v) is 1.69. The van der Waals surface area contributed by atoms with Crippen molar-refractivity contribution in [2.75, 3.05) is 6.61 Å². The molecule has 1 aromatic rings. The van der Waals surface area contributed by atoms with Gasteiger partial charge in [0.2, 0.25) is 0 Å². The largest absolute Gasteiger partial charge is 0.462 e. The van der Waals surface area contributed by atoms with Gasteiger partial charge in [-0.05, 0) is 39.8 Å². The minimum absolute atomic E-state index is 0.0394. The Morgan fingerprint density at radius 1 is 1.21 bits per heavy atom. The van der Waals surface area contributed by atoms with Gasteiger partial charge in [0.25, 0.3) is 0 Å². The number of benzene rings is 1. The molecule has 0 aliphatic carbocycles. The summed E-state index contributed by atoms with van der Waals surface area (Å²) >= 11 is 5.99. The molecule has 0 amide bonds. The number of hydrogen-bond acceptors (Lipinski definition) is 4. The molecule has 0 radical (unpaired) electrons. The molecule has 0 aromatic heterocycles. The van der Waals surface area contributed by atoms with Gasteiger partial charge in [0.05, 0.1) is 22.8 Å². The first-order valence-corrected chi connectivity index (χ1v) is 6.33. The van der Waals surface area contributed by atoms with E-state index in [-0.39, 0.29) is 22.8 Å². The van der Waals surface area contributed by atoms with Crippen molar-refractivity contribution in [1.29, 1.82) is 0 Å². The van der Waals surface area contributed by atoms with Crippen LogP contribution in [0.4, 0.5) is 0 Å². The van der Waals surface area contributed by atoms with Crippen LogP contribution in [-0.2, 0) is 9.47 Å². The highest BCUT2D eigenvalue weighted by molar-refractivity contribution is 6.34. The number of halogens is 1. The van der Waals surface area contributed by atoms with Gasteiger partial charge in [-0.3, -0.25) is 0 Å². The molecule has 0 saturated heterocycles. The van der Waals surface area contributed by atoms with E-state index in [1.807, 2.05) is 0 Å². The summed E-state index contributed by atoms with van der Waals surface area (Å²) in [6.07, 6.45) is 0. The second-order valence-electron chi connectivity index (χ2n) is 4.88. The maximum absolute atomic E-state index is 12.1. The average molecular weight is 285 g/mol. The van der Waals surface area contributed by atoms with Crippen molar-refractivity contribution in [1.82, 2.24) is 0 Å². The highest BCUT2D eigenvalue weighted by Gasteiger charge is 2.25. The Bertz CT molecular complexity index is 489. The topological polar surface area (TPSA) is 52.6 Å². The minimum atomic E-state index is -0.664. The highest BCUT2D eigenvalue weighted by Crippen LogP contribution is 2.24. The number of esters is 2. The second-order valence-corrected chi connectivity index (χ2v) is 5.29. The number of carbonyl (C=O) groups excluding carboxylic acids is 2. The SMILES string of the molecule is CCOC(=O)c1cccc(Cl)c1C(=O)OC(C)(C)C. The summed E-state index contributed by atoms with van der Waals surface area (Å²) in [4.78, 5) is 23.9. The highest BCUT2D eigenvalue weighted by atomic mass is 35.5. The van der Waals surface area contributed by atoms with Crippen LogP contribution >= 0.6 is 11.6 Å². The molecule has 0 N–H and O–H groups in total. The van der Waals surface area contributed by atoms with Crippen LogP contribution < -0.4 is 0 Å². The number of hydrogen-bond donors (Lipinski definition) is 0. The third-order valence-corrected chi connectivity index (χ3v) is 2.43. The molecule has 5 heteroatoms. The normalized spacial score (nSPS) is 11.0. The zero-order chi connectivity index (χ0) is 14.6. The molecule has 19 heavy (non-hydrogen) atoms. The van der Waals surface area contributed by atoms with Crippen molar-refractivity contribution < 1.29 is 19.1 Å². The Morgan fingerprint density at radius 3 is 2.37 bits per heavy atom. The molecule has 0 unspecified atom stereocenters. The molecule has 0 fully saturated rings. The Balaban J connectivity index is 3.18. The van der Waals surface area contributed by atoms with E-state index in [1.54, 1.807) is 33.8 Å². The van der Waals surface area contributed by atoms with Gasteiger partial charge in [0.15, 0.2) is 0 Å². The molecule has 0 saturated carbocycles. The van der Waals surface area contributed by atoms with Gasteiger partial charge in [-0.1, -0.05) is 17.7 Å². The molecule has 1 aromatic carbocycles. The van der Waals surface area contributed by atoms with Crippen LogP contribution in [0.5, 0.6) is 0 Å². The van der Waals surface area contributed by atoms with Crippen LogP contribution in [-0.4, -0.2) is 24.1 Å². The van der Waals surface area contributed by atoms with Crippen molar-refractivity contribution in [2.45, 2.75) is 33.3 Å². The summed E-state index contributed by atoms with van der Waals surface area (Å²) in [5.74, 6) is -1.23. The van der Waals surface area contributed by atoms with Gasteiger partial charge in [0, 0.05) is 0 Å². The second kappa shape index (κ2) is 6.06. The smallest absolute Gasteiger partial charge is 0.341 e. The van der Waals surface area contributed by atoms with Crippen LogP contribution in [0.25, 0.3) is 0 Å². The predicted molar refractivity (Wildman–Crippen MR) is 72.6 cm³/mol. The quantitative estimate of drug-likeness (QED) is 0.798. The summed E-state index contributed by atoms with van der Waals surface area (Å²) in [5, 5.41) is 0.166. The molecule has 0 atom stereocenters. The van der Waals surface area contributed by atoms with E-state index in [4.69, 9.17) is 21.1 Å². The van der Waals surface area contributed by atoms with E-state index in [0.717, 1.165) is 0 Å². The summed E-state index contributed by atoms with van der Waals surface area (Å²) < 4.78 is 10.1. The first-order chi connectivity index (χ1) is 8.76.